The van der Waals surface area contributed by atoms with Crippen molar-refractivity contribution in [3.63, 3.8) is 0 Å². The van der Waals surface area contributed by atoms with Crippen LogP contribution in [0.2, 0.25) is 0 Å². The van der Waals surface area contributed by atoms with E-state index in [-0.39, 0.29) is 18.5 Å². The summed E-state index contributed by atoms with van der Waals surface area (Å²) in [5, 5.41) is 5.52. The zero-order valence-electron chi connectivity index (χ0n) is 7.73. The summed E-state index contributed by atoms with van der Waals surface area (Å²) in [6, 6.07) is 0. The van der Waals surface area contributed by atoms with Crippen LogP contribution in [0.25, 0.3) is 0 Å². The van der Waals surface area contributed by atoms with Crippen molar-refractivity contribution in [1.29, 1.82) is 0 Å². The first-order valence-corrected chi connectivity index (χ1v) is 5.49. The average Bonchev–Trinajstić information content (AvgIpc) is 2.87. The van der Waals surface area contributed by atoms with Gasteiger partial charge in [0.05, 0.1) is 6.10 Å². The maximum absolute atomic E-state index is 11.5. The lowest BCUT2D eigenvalue weighted by Crippen LogP contribution is -2.20. The molecule has 1 unspecified atom stereocenters. The molecule has 14 heavy (non-hydrogen) atoms. The summed E-state index contributed by atoms with van der Waals surface area (Å²) < 4.78 is 5.44. The maximum Gasteiger partial charge on any atom is 0.216 e. The zero-order valence-corrected chi connectivity index (χ0v) is 8.55. The van der Waals surface area contributed by atoms with Gasteiger partial charge in [0, 0.05) is 18.1 Å². The molecule has 2 heterocycles. The van der Waals surface area contributed by atoms with Crippen LogP contribution in [0, 0.1) is 0 Å². The van der Waals surface area contributed by atoms with Gasteiger partial charge in [0.15, 0.2) is 5.01 Å². The van der Waals surface area contributed by atoms with E-state index < -0.39 is 0 Å². The second-order valence-corrected chi connectivity index (χ2v) is 4.08. The normalized spacial score (nSPS) is 21.3. The SMILES string of the molecule is O=C(COC1CCNC1)c1nccs1. The molecular formula is C9H12N2O2S. The van der Waals surface area contributed by atoms with Gasteiger partial charge in [0.1, 0.15) is 6.61 Å². The van der Waals surface area contributed by atoms with Gasteiger partial charge in [-0.2, -0.15) is 0 Å². The van der Waals surface area contributed by atoms with Crippen molar-refractivity contribution >= 4 is 17.1 Å². The molecule has 0 aliphatic carbocycles. The number of hydrogen-bond acceptors (Lipinski definition) is 5. The summed E-state index contributed by atoms with van der Waals surface area (Å²) in [6.07, 6.45) is 2.82. The van der Waals surface area contributed by atoms with E-state index in [0.717, 1.165) is 19.5 Å². The van der Waals surface area contributed by atoms with E-state index in [2.05, 4.69) is 10.3 Å². The minimum absolute atomic E-state index is 0.0214. The van der Waals surface area contributed by atoms with Crippen molar-refractivity contribution < 1.29 is 9.53 Å². The molecule has 1 N–H and O–H groups in total. The van der Waals surface area contributed by atoms with E-state index in [4.69, 9.17) is 4.74 Å². The number of aromatic nitrogens is 1. The van der Waals surface area contributed by atoms with Crippen LogP contribution in [0.5, 0.6) is 0 Å². The Balaban J connectivity index is 1.78. The van der Waals surface area contributed by atoms with Gasteiger partial charge in [0.2, 0.25) is 5.78 Å². The number of thiazole rings is 1. The van der Waals surface area contributed by atoms with Crippen LogP contribution < -0.4 is 5.32 Å². The molecule has 76 valence electrons. The molecule has 1 aliphatic rings. The predicted molar refractivity (Wildman–Crippen MR) is 53.7 cm³/mol. The third-order valence-corrected chi connectivity index (χ3v) is 2.95. The summed E-state index contributed by atoms with van der Waals surface area (Å²) in [6.45, 7) is 1.99. The molecule has 1 aromatic rings. The number of rotatable bonds is 4. The van der Waals surface area contributed by atoms with Gasteiger partial charge >= 0.3 is 0 Å². The Hall–Kier alpha value is -0.780. The number of Topliss-reactive ketones (excluding diaryl/α,β-unsaturated/α-hetero) is 1. The lowest BCUT2D eigenvalue weighted by atomic mass is 10.3. The summed E-state index contributed by atoms with van der Waals surface area (Å²) in [5.41, 5.74) is 0. The maximum atomic E-state index is 11.5. The monoisotopic (exact) mass is 212 g/mol. The van der Waals surface area contributed by atoms with Crippen LogP contribution in [0.1, 0.15) is 16.2 Å². The molecule has 1 aromatic heterocycles. The van der Waals surface area contributed by atoms with Crippen molar-refractivity contribution in [3.8, 4) is 0 Å². The van der Waals surface area contributed by atoms with Crippen molar-refractivity contribution in [2.45, 2.75) is 12.5 Å². The smallest absolute Gasteiger partial charge is 0.216 e. The van der Waals surface area contributed by atoms with Gasteiger partial charge in [-0.1, -0.05) is 0 Å². The lowest BCUT2D eigenvalue weighted by Gasteiger charge is -2.07. The van der Waals surface area contributed by atoms with Gasteiger partial charge in [-0.05, 0) is 13.0 Å². The molecule has 1 aliphatic heterocycles. The second-order valence-electron chi connectivity index (χ2n) is 3.19. The Morgan fingerprint density at radius 1 is 1.79 bits per heavy atom. The van der Waals surface area contributed by atoms with Crippen LogP contribution in [0.4, 0.5) is 0 Å². The van der Waals surface area contributed by atoms with Gasteiger partial charge < -0.3 is 10.1 Å². The fourth-order valence-corrected chi connectivity index (χ4v) is 1.95. The van der Waals surface area contributed by atoms with Crippen molar-refractivity contribution in [1.82, 2.24) is 10.3 Å². The third kappa shape index (κ3) is 2.37. The molecule has 0 bridgehead atoms. The number of ketones is 1. The Morgan fingerprint density at radius 2 is 2.71 bits per heavy atom. The fourth-order valence-electron chi connectivity index (χ4n) is 1.39. The summed E-state index contributed by atoms with van der Waals surface area (Å²) >= 11 is 1.36. The van der Waals surface area contributed by atoms with Gasteiger partial charge in [0.25, 0.3) is 0 Å². The van der Waals surface area contributed by atoms with Crippen LogP contribution in [-0.4, -0.2) is 36.6 Å². The molecule has 0 spiro atoms. The van der Waals surface area contributed by atoms with Crippen LogP contribution in [0.15, 0.2) is 11.6 Å². The highest BCUT2D eigenvalue weighted by Crippen LogP contribution is 2.07. The van der Waals surface area contributed by atoms with E-state index in [1.807, 2.05) is 0 Å². The molecular weight excluding hydrogens is 200 g/mol. The topological polar surface area (TPSA) is 51.2 Å². The van der Waals surface area contributed by atoms with Crippen LogP contribution >= 0.6 is 11.3 Å². The first-order valence-electron chi connectivity index (χ1n) is 4.61. The Labute approximate surface area is 86.3 Å². The highest BCUT2D eigenvalue weighted by Gasteiger charge is 2.17. The van der Waals surface area contributed by atoms with Gasteiger partial charge in [-0.25, -0.2) is 4.98 Å². The highest BCUT2D eigenvalue weighted by atomic mass is 32.1. The molecule has 1 saturated heterocycles. The quantitative estimate of drug-likeness (QED) is 0.747. The van der Waals surface area contributed by atoms with E-state index >= 15 is 0 Å². The molecule has 2 rings (SSSR count). The van der Waals surface area contributed by atoms with Crippen molar-refractivity contribution in [2.75, 3.05) is 19.7 Å². The Bertz CT molecular complexity index is 294. The molecule has 4 nitrogen and oxygen atoms in total. The van der Waals surface area contributed by atoms with Gasteiger partial charge in [-0.15, -0.1) is 11.3 Å². The predicted octanol–water partition coefficient (Wildman–Crippen LogP) is 0.704. The first kappa shape index (κ1) is 9.76. The molecule has 0 amide bonds. The summed E-state index contributed by atoms with van der Waals surface area (Å²) in [7, 11) is 0. The van der Waals surface area contributed by atoms with E-state index in [9.17, 15) is 4.79 Å². The molecule has 1 atom stereocenters. The number of ether oxygens (including phenoxy) is 1. The average molecular weight is 212 g/mol. The second kappa shape index (κ2) is 4.63. The number of nitrogens with one attached hydrogen (secondary N) is 1. The number of carbonyl (C=O) groups excluding carboxylic acids is 1. The minimum Gasteiger partial charge on any atom is -0.369 e. The van der Waals surface area contributed by atoms with Gasteiger partial charge in [-0.3, -0.25) is 4.79 Å². The first-order chi connectivity index (χ1) is 6.86. The van der Waals surface area contributed by atoms with Crippen LogP contribution in [-0.2, 0) is 4.74 Å². The molecule has 0 aromatic carbocycles. The van der Waals surface area contributed by atoms with Crippen molar-refractivity contribution in [2.24, 2.45) is 0 Å². The van der Waals surface area contributed by atoms with E-state index in [0.29, 0.717) is 5.01 Å². The molecule has 1 fully saturated rings. The molecule has 5 heteroatoms. The molecule has 0 radical (unpaired) electrons. The summed E-state index contributed by atoms with van der Waals surface area (Å²) in [4.78, 5) is 15.4. The number of carbonyl (C=O) groups is 1. The van der Waals surface area contributed by atoms with E-state index in [1.54, 1.807) is 11.6 Å². The van der Waals surface area contributed by atoms with E-state index in [1.165, 1.54) is 11.3 Å². The highest BCUT2D eigenvalue weighted by molar-refractivity contribution is 7.11. The fraction of sp³-hybridized carbons (Fsp3) is 0.556. The summed E-state index contributed by atoms with van der Waals surface area (Å²) in [5.74, 6) is -0.0214. The zero-order chi connectivity index (χ0) is 9.80. The lowest BCUT2D eigenvalue weighted by molar-refractivity contribution is 0.0529. The Morgan fingerprint density at radius 3 is 3.36 bits per heavy atom. The third-order valence-electron chi connectivity index (χ3n) is 2.14. The molecule has 0 saturated carbocycles. The van der Waals surface area contributed by atoms with Crippen molar-refractivity contribution in [3.05, 3.63) is 16.6 Å². The standard InChI is InChI=1S/C9H12N2O2S/c12-8(9-11-3-4-14-9)6-13-7-1-2-10-5-7/h3-4,7,10H,1-2,5-6H2. The van der Waals surface area contributed by atoms with Crippen LogP contribution in [0.3, 0.4) is 0 Å². The largest absolute Gasteiger partial charge is 0.369 e. The number of nitrogens with zero attached hydrogens (tertiary/aromatic N) is 1. The minimum atomic E-state index is -0.0214. The number of hydrogen-bond donors (Lipinski definition) is 1. The Kier molecular flexibility index (Phi) is 3.23.